The summed E-state index contributed by atoms with van der Waals surface area (Å²) < 4.78 is 31.9. The van der Waals surface area contributed by atoms with Crippen LogP contribution in [0.2, 0.25) is 0 Å². The second-order valence-corrected chi connectivity index (χ2v) is 10.5. The van der Waals surface area contributed by atoms with Crippen molar-refractivity contribution in [2.75, 3.05) is 16.8 Å². The van der Waals surface area contributed by atoms with Gasteiger partial charge in [0.25, 0.3) is 0 Å². The Bertz CT molecular complexity index is 1740. The maximum atomic E-state index is 7.96. The van der Waals surface area contributed by atoms with Crippen molar-refractivity contribution >= 4 is 17.1 Å². The first kappa shape index (κ1) is 24.9. The van der Waals surface area contributed by atoms with E-state index in [1.165, 1.54) is 21.6 Å². The fraction of sp³-hybridized carbons (Fsp3) is 0.200. The summed E-state index contributed by atoms with van der Waals surface area (Å²) in [5, 5.41) is 4.69. The van der Waals surface area contributed by atoms with Crippen molar-refractivity contribution in [2.45, 2.75) is 39.5 Å². The zero-order chi connectivity index (χ0) is 30.3. The fourth-order valence-corrected chi connectivity index (χ4v) is 5.16. The van der Waals surface area contributed by atoms with Crippen LogP contribution < -0.4 is 14.5 Å². The summed E-state index contributed by atoms with van der Waals surface area (Å²) in [6.45, 7) is 8.15. The first-order valence-electron chi connectivity index (χ1n) is 15.0. The molecule has 1 aliphatic heterocycles. The van der Waals surface area contributed by atoms with E-state index in [1.807, 2.05) is 71.7 Å². The van der Waals surface area contributed by atoms with Crippen LogP contribution in [0.3, 0.4) is 0 Å². The van der Waals surface area contributed by atoms with Crippen molar-refractivity contribution in [2.24, 2.45) is 0 Å². The Hall–Kier alpha value is -3.82. The van der Waals surface area contributed by atoms with Crippen molar-refractivity contribution in [3.05, 3.63) is 121 Å². The van der Waals surface area contributed by atoms with E-state index in [2.05, 4.69) is 63.1 Å². The molecule has 0 radical (unpaired) electrons. The Kier molecular flexibility index (Phi) is 7.27. The number of benzene rings is 4. The number of hydrogen-bond acceptors (Lipinski definition) is 4. The Morgan fingerprint density at radius 2 is 1.39 bits per heavy atom. The monoisotopic (exact) mass is 723 g/mol. The number of ether oxygens (including phenoxy) is 1. The molecule has 5 nitrogen and oxygen atoms in total. The molecule has 6 heteroatoms. The predicted molar refractivity (Wildman–Crippen MR) is 163 cm³/mol. The van der Waals surface area contributed by atoms with Gasteiger partial charge < -0.3 is 14.5 Å². The standard InChI is InChI=1S/C35H33N4O.Pt/c1-24(2)31-15-10-16-32(25(3)4)35(31)26-21-36-39(22-26)28-12-9-14-30(20-28)40-29-13-8-11-27(19-29)38-23-37(5)33-17-6-7-18-34(33)38;/h6-18,21-25H,1-5H3;/q-3;/i5D3;. The smallest absolute Gasteiger partial charge is 0.0572 e. The van der Waals surface area contributed by atoms with E-state index < -0.39 is 6.98 Å². The maximum Gasteiger partial charge on any atom is 0.0572 e. The molecule has 0 N–H and O–H groups in total. The minimum absolute atomic E-state index is 0. The zero-order valence-electron chi connectivity index (χ0n) is 26.4. The molecule has 5 aromatic rings. The van der Waals surface area contributed by atoms with Crippen LogP contribution in [0.25, 0.3) is 16.8 Å². The minimum Gasteiger partial charge on any atom is -0.509 e. The molecule has 0 fully saturated rings. The molecule has 0 saturated carbocycles. The third-order valence-corrected chi connectivity index (χ3v) is 7.11. The number of anilines is 3. The quantitative estimate of drug-likeness (QED) is 0.157. The molecular weight excluding hydrogens is 687 g/mol. The fourth-order valence-electron chi connectivity index (χ4n) is 5.16. The molecule has 6 rings (SSSR count). The predicted octanol–water partition coefficient (Wildman–Crippen LogP) is 8.88. The summed E-state index contributed by atoms with van der Waals surface area (Å²) in [7, 11) is 0. The van der Waals surface area contributed by atoms with Crippen molar-refractivity contribution in [3.63, 3.8) is 0 Å². The van der Waals surface area contributed by atoms with E-state index in [0.29, 0.717) is 34.7 Å². The van der Waals surface area contributed by atoms with Gasteiger partial charge in [0.15, 0.2) is 0 Å². The molecule has 212 valence electrons. The van der Waals surface area contributed by atoms with Crippen LogP contribution >= 0.6 is 0 Å². The number of rotatable bonds is 7. The molecule has 0 spiro atoms. The van der Waals surface area contributed by atoms with Crippen molar-refractivity contribution < 1.29 is 29.9 Å². The molecule has 0 amide bonds. The van der Waals surface area contributed by atoms with E-state index in [9.17, 15) is 0 Å². The number of fused-ring (bicyclic) bond motifs is 1. The SMILES string of the molecule is [2H]C([2H])([2H])N1[CH-]N(c2[c-]c(Oc3[c-]c(-n4cc(-c5c(C(C)C)cccc5C(C)C)cn4)ccc3)ccc2)c2ccccc21.[Pt]. The minimum atomic E-state index is -2.31. The Morgan fingerprint density at radius 1 is 0.780 bits per heavy atom. The van der Waals surface area contributed by atoms with Gasteiger partial charge in [0.2, 0.25) is 0 Å². The number of nitrogens with zero attached hydrogens (tertiary/aromatic N) is 4. The molecular formula is C35H33N4OPt-3. The van der Waals surface area contributed by atoms with Crippen molar-refractivity contribution in [3.8, 4) is 28.3 Å². The number of hydrogen-bond donors (Lipinski definition) is 0. The zero-order valence-corrected chi connectivity index (χ0v) is 25.7. The third kappa shape index (κ3) is 5.69. The van der Waals surface area contributed by atoms with Crippen LogP contribution in [0.4, 0.5) is 17.1 Å². The molecule has 41 heavy (non-hydrogen) atoms. The average Bonchev–Trinajstić information content (AvgIpc) is 3.63. The molecule has 0 bridgehead atoms. The Morgan fingerprint density at radius 3 is 2.05 bits per heavy atom. The van der Waals surface area contributed by atoms with Crippen LogP contribution in [0.5, 0.6) is 11.5 Å². The molecule has 1 aliphatic rings. The van der Waals surface area contributed by atoms with Gasteiger partial charge in [0.05, 0.1) is 6.20 Å². The van der Waals surface area contributed by atoms with E-state index in [0.717, 1.165) is 16.9 Å². The molecule has 0 atom stereocenters. The molecule has 0 unspecified atom stereocenters. The number of aromatic nitrogens is 2. The van der Waals surface area contributed by atoms with E-state index in [4.69, 9.17) is 8.85 Å². The van der Waals surface area contributed by atoms with Gasteiger partial charge in [0, 0.05) is 59.8 Å². The van der Waals surface area contributed by atoms with Crippen molar-refractivity contribution in [1.82, 2.24) is 9.78 Å². The average molecular weight is 724 g/mol. The van der Waals surface area contributed by atoms with Gasteiger partial charge in [-0.25, -0.2) is 0 Å². The molecule has 4 aromatic carbocycles. The van der Waals surface area contributed by atoms with E-state index in [-0.39, 0.29) is 21.1 Å². The molecule has 0 aliphatic carbocycles. The van der Waals surface area contributed by atoms with Crippen LogP contribution in [0.15, 0.2) is 91.3 Å². The van der Waals surface area contributed by atoms with E-state index in [1.54, 1.807) is 17.6 Å². The Balaban J connectivity index is 0.00000384. The van der Waals surface area contributed by atoms with Gasteiger partial charge in [-0.05, 0) is 53.3 Å². The second kappa shape index (κ2) is 12.0. The summed E-state index contributed by atoms with van der Waals surface area (Å²) in [5.41, 5.74) is 7.71. The first-order chi connectivity index (χ1) is 20.6. The summed E-state index contributed by atoms with van der Waals surface area (Å²) >= 11 is 0. The summed E-state index contributed by atoms with van der Waals surface area (Å²) in [6.07, 6.45) is 3.96. The van der Waals surface area contributed by atoms with Crippen LogP contribution in [-0.2, 0) is 21.1 Å². The topological polar surface area (TPSA) is 33.5 Å². The summed E-state index contributed by atoms with van der Waals surface area (Å²) in [5.74, 6) is 1.77. The van der Waals surface area contributed by atoms with E-state index >= 15 is 0 Å². The second-order valence-electron chi connectivity index (χ2n) is 10.5. The van der Waals surface area contributed by atoms with Gasteiger partial charge in [-0.15, -0.1) is 42.1 Å². The van der Waals surface area contributed by atoms with Gasteiger partial charge in [-0.2, -0.15) is 23.9 Å². The molecule has 2 heterocycles. The van der Waals surface area contributed by atoms with Crippen molar-refractivity contribution in [1.29, 1.82) is 0 Å². The summed E-state index contributed by atoms with van der Waals surface area (Å²) in [6, 6.07) is 31.8. The maximum absolute atomic E-state index is 7.96. The normalized spacial score (nSPS) is 14.0. The van der Waals surface area contributed by atoms with Crippen LogP contribution in [0.1, 0.15) is 54.8 Å². The van der Waals surface area contributed by atoms with Gasteiger partial charge in [-0.1, -0.05) is 58.0 Å². The van der Waals surface area contributed by atoms with Gasteiger partial charge >= 0.3 is 0 Å². The largest absolute Gasteiger partial charge is 0.509 e. The first-order valence-corrected chi connectivity index (χ1v) is 13.5. The molecule has 1 aromatic heterocycles. The molecule has 0 saturated heterocycles. The van der Waals surface area contributed by atoms with Crippen LogP contribution in [-0.4, -0.2) is 16.8 Å². The third-order valence-electron chi connectivity index (χ3n) is 7.11. The summed E-state index contributed by atoms with van der Waals surface area (Å²) in [4.78, 5) is 3.10. The Labute approximate surface area is 261 Å². The van der Waals surface area contributed by atoms with Crippen LogP contribution in [0, 0.1) is 18.8 Å². The van der Waals surface area contributed by atoms with Gasteiger partial charge in [-0.3, -0.25) is 4.68 Å². The number of para-hydroxylation sites is 2. The van der Waals surface area contributed by atoms with Gasteiger partial charge in [0.1, 0.15) is 0 Å².